The lowest BCUT2D eigenvalue weighted by atomic mass is 9.99. The van der Waals surface area contributed by atoms with Crippen LogP contribution in [-0.4, -0.2) is 5.12 Å². The smallest absolute Gasteiger partial charge is 0.206 e. The highest BCUT2D eigenvalue weighted by Crippen LogP contribution is 2.22. The summed E-state index contributed by atoms with van der Waals surface area (Å²) in [7, 11) is 0. The fraction of sp³-hybridized carbons (Fsp3) is 0.727. The van der Waals surface area contributed by atoms with E-state index >= 15 is 0 Å². The van der Waals surface area contributed by atoms with Crippen LogP contribution in [0, 0.1) is 22.0 Å². The second kappa shape index (κ2) is 4.19. The summed E-state index contributed by atoms with van der Waals surface area (Å²) in [5, 5.41) is 2.98. The maximum atomic E-state index is 11.4. The van der Waals surface area contributed by atoms with Crippen LogP contribution in [0.4, 0.5) is 0 Å². The molecule has 0 aliphatic heterocycles. The van der Waals surface area contributed by atoms with Gasteiger partial charge in [0, 0.05) is 22.6 Å². The van der Waals surface area contributed by atoms with Crippen LogP contribution in [0.25, 0.3) is 0 Å². The highest BCUT2D eigenvalue weighted by molar-refractivity contribution is 8.17. The van der Waals surface area contributed by atoms with Gasteiger partial charge in [0.25, 0.3) is 0 Å². The van der Waals surface area contributed by atoms with Crippen molar-refractivity contribution in [3.05, 3.63) is 0 Å². The minimum absolute atomic E-state index is 0.0227. The maximum Gasteiger partial charge on any atom is 0.206 e. The Morgan fingerprint density at radius 1 is 1.08 bits per heavy atom. The molecule has 0 heterocycles. The van der Waals surface area contributed by atoms with E-state index in [1.807, 2.05) is 41.5 Å². The zero-order chi connectivity index (χ0) is 10.7. The number of thioether (sulfide) groups is 1. The maximum absolute atomic E-state index is 11.4. The van der Waals surface area contributed by atoms with E-state index in [1.165, 1.54) is 0 Å². The molecule has 0 N–H and O–H groups in total. The van der Waals surface area contributed by atoms with Crippen LogP contribution in [0.15, 0.2) is 0 Å². The lowest BCUT2D eigenvalue weighted by Gasteiger charge is -2.13. The van der Waals surface area contributed by atoms with Gasteiger partial charge < -0.3 is 0 Å². The Morgan fingerprint density at radius 2 is 1.54 bits per heavy atom. The van der Waals surface area contributed by atoms with Gasteiger partial charge in [0.15, 0.2) is 0 Å². The molecule has 74 valence electrons. The molecule has 13 heavy (non-hydrogen) atoms. The fourth-order valence-corrected chi connectivity index (χ4v) is 1.13. The summed E-state index contributed by atoms with van der Waals surface area (Å²) in [5.41, 5.74) is -0.317. The largest absolute Gasteiger partial charge is 0.286 e. The Balaban J connectivity index is 4.18. The third-order valence-corrected chi connectivity index (χ3v) is 2.18. The van der Waals surface area contributed by atoms with Crippen molar-refractivity contribution in [2.75, 3.05) is 0 Å². The summed E-state index contributed by atoms with van der Waals surface area (Å²) in [4.78, 5) is 11.4. The van der Waals surface area contributed by atoms with Gasteiger partial charge in [-0.3, -0.25) is 4.79 Å². The van der Waals surface area contributed by atoms with E-state index in [9.17, 15) is 4.79 Å². The molecule has 0 fully saturated rings. The number of hydrogen-bond donors (Lipinski definition) is 0. The van der Waals surface area contributed by atoms with Gasteiger partial charge in [-0.25, -0.2) is 0 Å². The fourth-order valence-electron chi connectivity index (χ4n) is 0.378. The van der Waals surface area contributed by atoms with Gasteiger partial charge in [0.2, 0.25) is 5.12 Å². The van der Waals surface area contributed by atoms with E-state index in [1.54, 1.807) is 0 Å². The Labute approximate surface area is 85.7 Å². The molecule has 0 atom stereocenters. The van der Waals surface area contributed by atoms with Crippen LogP contribution in [0.5, 0.6) is 0 Å². The average Bonchev–Trinajstić information content (AvgIpc) is 1.82. The molecule has 0 aromatic carbocycles. The van der Waals surface area contributed by atoms with E-state index in [2.05, 4.69) is 11.2 Å². The Bertz CT molecular complexity index is 242. The highest BCUT2D eigenvalue weighted by atomic mass is 32.2. The van der Waals surface area contributed by atoms with Crippen molar-refractivity contribution in [3.63, 3.8) is 0 Å². The minimum Gasteiger partial charge on any atom is -0.286 e. The van der Waals surface area contributed by atoms with Crippen molar-refractivity contribution < 1.29 is 4.79 Å². The number of carbonyl (C=O) groups excluding carboxylic acids is 1. The predicted octanol–water partition coefficient (Wildman–Crippen LogP) is 3.30. The van der Waals surface area contributed by atoms with Gasteiger partial charge in [-0.05, 0) is 26.0 Å². The third kappa shape index (κ3) is 6.72. The second-order valence-electron chi connectivity index (χ2n) is 5.12. The van der Waals surface area contributed by atoms with Crippen LogP contribution in [0.3, 0.4) is 0 Å². The first-order valence-electron chi connectivity index (χ1n) is 4.36. The summed E-state index contributed by atoms with van der Waals surface area (Å²) in [6, 6.07) is 0. The first-order valence-corrected chi connectivity index (χ1v) is 5.18. The highest BCUT2D eigenvalue weighted by Gasteiger charge is 2.20. The van der Waals surface area contributed by atoms with Crippen LogP contribution in [0.2, 0.25) is 0 Å². The molecule has 0 bridgehead atoms. The molecule has 1 nitrogen and oxygen atoms in total. The third-order valence-electron chi connectivity index (χ3n) is 1.18. The van der Waals surface area contributed by atoms with Gasteiger partial charge in [0.05, 0.1) is 0 Å². The summed E-state index contributed by atoms with van der Waals surface area (Å²) >= 11 is 1.11. The lowest BCUT2D eigenvalue weighted by molar-refractivity contribution is -0.117. The summed E-state index contributed by atoms with van der Waals surface area (Å²) in [6.07, 6.45) is 0. The number of hydrogen-bond acceptors (Lipinski definition) is 2. The molecule has 0 aliphatic rings. The topological polar surface area (TPSA) is 17.1 Å². The molecular formula is C11H18OS. The van der Waals surface area contributed by atoms with Crippen molar-refractivity contribution in [2.24, 2.45) is 10.8 Å². The van der Waals surface area contributed by atoms with Crippen molar-refractivity contribution in [2.45, 2.75) is 41.5 Å². The van der Waals surface area contributed by atoms with Crippen LogP contribution in [-0.2, 0) is 4.79 Å². The zero-order valence-electron chi connectivity index (χ0n) is 9.32. The molecule has 0 aromatic heterocycles. The molecule has 0 radical (unpaired) electrons. The Hall–Kier alpha value is -0.420. The minimum atomic E-state index is -0.294. The zero-order valence-corrected chi connectivity index (χ0v) is 10.1. The standard InChI is InChI=1S/C11H18OS/c1-10(2,3)7-8-13-9(12)11(4,5)6/h1-6H3. The molecule has 0 amide bonds. The SMILES string of the molecule is CC(C)(C)C#CSC(=O)C(C)(C)C. The first kappa shape index (κ1) is 12.6. The van der Waals surface area contributed by atoms with Crippen molar-refractivity contribution in [1.82, 2.24) is 0 Å². The molecule has 0 spiro atoms. The summed E-state index contributed by atoms with van der Waals surface area (Å²) in [5.74, 6) is 3.02. The van der Waals surface area contributed by atoms with Crippen LogP contribution in [0.1, 0.15) is 41.5 Å². The van der Waals surface area contributed by atoms with E-state index in [0.29, 0.717) is 0 Å². The predicted molar refractivity (Wildman–Crippen MR) is 59.3 cm³/mol. The van der Waals surface area contributed by atoms with Gasteiger partial charge in [0.1, 0.15) is 0 Å². The van der Waals surface area contributed by atoms with Crippen molar-refractivity contribution in [1.29, 1.82) is 0 Å². The van der Waals surface area contributed by atoms with E-state index in [-0.39, 0.29) is 15.9 Å². The van der Waals surface area contributed by atoms with Gasteiger partial charge in [-0.2, -0.15) is 0 Å². The van der Waals surface area contributed by atoms with Gasteiger partial charge >= 0.3 is 0 Å². The van der Waals surface area contributed by atoms with Crippen LogP contribution < -0.4 is 0 Å². The monoisotopic (exact) mass is 198 g/mol. The molecule has 0 aliphatic carbocycles. The van der Waals surface area contributed by atoms with E-state index < -0.39 is 0 Å². The van der Waals surface area contributed by atoms with Crippen molar-refractivity contribution >= 4 is 16.9 Å². The summed E-state index contributed by atoms with van der Waals surface area (Å²) in [6.45, 7) is 11.8. The Morgan fingerprint density at radius 3 is 1.85 bits per heavy atom. The number of carbonyl (C=O) groups is 1. The molecule has 2 heteroatoms. The number of rotatable bonds is 0. The molecule has 0 saturated heterocycles. The quantitative estimate of drug-likeness (QED) is 0.555. The van der Waals surface area contributed by atoms with E-state index in [0.717, 1.165) is 11.8 Å². The molecular weight excluding hydrogens is 180 g/mol. The second-order valence-corrected chi connectivity index (χ2v) is 5.90. The average molecular weight is 198 g/mol. The normalized spacial score (nSPS) is 11.8. The van der Waals surface area contributed by atoms with Crippen LogP contribution >= 0.6 is 11.8 Å². The first-order chi connectivity index (χ1) is 5.63. The molecule has 0 rings (SSSR count). The summed E-state index contributed by atoms with van der Waals surface area (Å²) < 4.78 is 0. The Kier molecular flexibility index (Phi) is 4.06. The lowest BCUT2D eigenvalue weighted by Crippen LogP contribution is -2.15. The van der Waals surface area contributed by atoms with Crippen molar-refractivity contribution in [3.8, 4) is 11.2 Å². The molecule has 0 aromatic rings. The van der Waals surface area contributed by atoms with Gasteiger partial charge in [-0.15, -0.1) is 0 Å². The van der Waals surface area contributed by atoms with E-state index in [4.69, 9.17) is 0 Å². The van der Waals surface area contributed by atoms with Gasteiger partial charge in [-0.1, -0.05) is 26.7 Å². The molecule has 0 saturated carbocycles. The molecule has 0 unspecified atom stereocenters.